The molecule has 3 rings (SSSR count). The summed E-state index contributed by atoms with van der Waals surface area (Å²) in [5, 5.41) is 0. The van der Waals surface area contributed by atoms with E-state index in [0.717, 1.165) is 11.1 Å². The summed E-state index contributed by atoms with van der Waals surface area (Å²) in [6, 6.07) is 20.0. The summed E-state index contributed by atoms with van der Waals surface area (Å²) in [6.07, 6.45) is 3.86. The number of carbonyl (C=O) groups is 2. The molecule has 2 aromatic rings. The van der Waals surface area contributed by atoms with Crippen molar-refractivity contribution in [2.45, 2.75) is 31.3 Å². The van der Waals surface area contributed by atoms with Gasteiger partial charge in [0.05, 0.1) is 0 Å². The number of ketones is 1. The molecule has 0 N–H and O–H groups in total. The Morgan fingerprint density at radius 3 is 1.92 bits per heavy atom. The van der Waals surface area contributed by atoms with Gasteiger partial charge in [0.25, 0.3) is 0 Å². The van der Waals surface area contributed by atoms with Gasteiger partial charge in [0.15, 0.2) is 11.4 Å². The number of rotatable bonds is 3. The molecule has 0 spiro atoms. The Labute approximate surface area is 142 Å². The van der Waals surface area contributed by atoms with E-state index in [1.807, 2.05) is 66.7 Å². The number of ether oxygens (including phenoxy) is 1. The van der Waals surface area contributed by atoms with Gasteiger partial charge in [-0.05, 0) is 24.1 Å². The first kappa shape index (κ1) is 16.2. The average Bonchev–Trinajstić information content (AvgIpc) is 2.58. The molecule has 3 heteroatoms. The van der Waals surface area contributed by atoms with Crippen LogP contribution >= 0.6 is 0 Å². The molecule has 3 nitrogen and oxygen atoms in total. The summed E-state index contributed by atoms with van der Waals surface area (Å²) in [7, 11) is 0. The number of esters is 1. The fourth-order valence-corrected chi connectivity index (χ4v) is 3.51. The lowest BCUT2D eigenvalue weighted by atomic mass is 9.64. The van der Waals surface area contributed by atoms with Gasteiger partial charge < -0.3 is 4.74 Å². The molecular formula is C21H20O3. The average molecular weight is 320 g/mol. The first-order valence-corrected chi connectivity index (χ1v) is 8.01. The van der Waals surface area contributed by atoms with E-state index in [9.17, 15) is 9.59 Å². The first-order valence-electron chi connectivity index (χ1n) is 8.01. The Kier molecular flexibility index (Phi) is 4.10. The number of hydrogen-bond acceptors (Lipinski definition) is 3. The summed E-state index contributed by atoms with van der Waals surface area (Å²) >= 11 is 0. The zero-order valence-corrected chi connectivity index (χ0v) is 13.9. The predicted octanol–water partition coefficient (Wildman–Crippen LogP) is 3.82. The zero-order valence-electron chi connectivity index (χ0n) is 13.9. The lowest BCUT2D eigenvalue weighted by Crippen LogP contribution is -2.48. The van der Waals surface area contributed by atoms with E-state index >= 15 is 0 Å². The molecule has 24 heavy (non-hydrogen) atoms. The van der Waals surface area contributed by atoms with Crippen LogP contribution in [0.25, 0.3) is 0 Å². The molecule has 1 aliphatic rings. The Morgan fingerprint density at radius 1 is 0.958 bits per heavy atom. The summed E-state index contributed by atoms with van der Waals surface area (Å²) in [5.41, 5.74) is 0.448. The van der Waals surface area contributed by atoms with Crippen LogP contribution in [0.1, 0.15) is 31.4 Å². The van der Waals surface area contributed by atoms with Gasteiger partial charge in [0.2, 0.25) is 0 Å². The van der Waals surface area contributed by atoms with Crippen molar-refractivity contribution in [2.75, 3.05) is 0 Å². The quantitative estimate of drug-likeness (QED) is 0.807. The van der Waals surface area contributed by atoms with Crippen LogP contribution in [0.3, 0.4) is 0 Å². The van der Waals surface area contributed by atoms with Gasteiger partial charge in [-0.25, -0.2) is 0 Å². The molecule has 0 fully saturated rings. The minimum Gasteiger partial charge on any atom is -0.451 e. The smallest absolute Gasteiger partial charge is 0.303 e. The molecule has 122 valence electrons. The molecule has 0 amide bonds. The van der Waals surface area contributed by atoms with Gasteiger partial charge in [-0.3, -0.25) is 9.59 Å². The van der Waals surface area contributed by atoms with E-state index in [4.69, 9.17) is 4.74 Å². The minimum absolute atomic E-state index is 0.180. The second-order valence-electron chi connectivity index (χ2n) is 6.40. The van der Waals surface area contributed by atoms with E-state index in [-0.39, 0.29) is 5.78 Å². The van der Waals surface area contributed by atoms with Crippen LogP contribution in [0.4, 0.5) is 0 Å². The Morgan fingerprint density at radius 2 is 1.46 bits per heavy atom. The van der Waals surface area contributed by atoms with E-state index < -0.39 is 17.0 Å². The number of benzene rings is 2. The topological polar surface area (TPSA) is 43.4 Å². The highest BCUT2D eigenvalue weighted by Gasteiger charge is 2.48. The van der Waals surface area contributed by atoms with Gasteiger partial charge in [-0.2, -0.15) is 0 Å². The second kappa shape index (κ2) is 6.08. The molecule has 1 aliphatic carbocycles. The minimum atomic E-state index is -1.17. The lowest BCUT2D eigenvalue weighted by molar-refractivity contribution is -0.163. The van der Waals surface area contributed by atoms with E-state index in [2.05, 4.69) is 0 Å². The fourth-order valence-electron chi connectivity index (χ4n) is 3.51. The maximum absolute atomic E-state index is 12.4. The van der Waals surface area contributed by atoms with Crippen LogP contribution < -0.4 is 0 Å². The van der Waals surface area contributed by atoms with Gasteiger partial charge in [0.1, 0.15) is 0 Å². The van der Waals surface area contributed by atoms with Crippen LogP contribution in [-0.2, 0) is 19.7 Å². The third-order valence-electron chi connectivity index (χ3n) is 4.60. The Balaban J connectivity index is 2.19. The maximum atomic E-state index is 12.4. The summed E-state index contributed by atoms with van der Waals surface area (Å²) in [5.74, 6) is -0.628. The summed E-state index contributed by atoms with van der Waals surface area (Å²) < 4.78 is 5.45. The molecule has 0 saturated carbocycles. The standard InChI is InChI=1S/C21H20O3/c1-16(22)24-20(2)15-21(14-13-19(20)23,17-9-5-3-6-10-17)18-11-7-4-8-12-18/h3-14H,15H2,1-2H3. The van der Waals surface area contributed by atoms with Gasteiger partial charge in [-0.1, -0.05) is 66.7 Å². The molecule has 0 aromatic heterocycles. The van der Waals surface area contributed by atoms with Crippen LogP contribution in [0.15, 0.2) is 72.8 Å². The highest BCUT2D eigenvalue weighted by atomic mass is 16.6. The molecule has 0 heterocycles. The van der Waals surface area contributed by atoms with E-state index in [1.54, 1.807) is 13.0 Å². The molecular weight excluding hydrogens is 300 g/mol. The predicted molar refractivity (Wildman–Crippen MR) is 92.6 cm³/mol. The van der Waals surface area contributed by atoms with Crippen molar-refractivity contribution in [2.24, 2.45) is 0 Å². The van der Waals surface area contributed by atoms with Crippen molar-refractivity contribution in [1.82, 2.24) is 0 Å². The Bertz CT molecular complexity index is 738. The van der Waals surface area contributed by atoms with Crippen LogP contribution in [0.5, 0.6) is 0 Å². The van der Waals surface area contributed by atoms with Crippen LogP contribution in [0.2, 0.25) is 0 Å². The molecule has 0 radical (unpaired) electrons. The molecule has 0 saturated heterocycles. The number of carbonyl (C=O) groups excluding carboxylic acids is 2. The fraction of sp³-hybridized carbons (Fsp3) is 0.238. The molecule has 0 aliphatic heterocycles. The van der Waals surface area contributed by atoms with E-state index in [0.29, 0.717) is 6.42 Å². The Hall–Kier alpha value is -2.68. The zero-order chi connectivity index (χ0) is 17.2. The van der Waals surface area contributed by atoms with E-state index in [1.165, 1.54) is 6.92 Å². The number of allylic oxidation sites excluding steroid dienone is 1. The normalized spacial score (nSPS) is 22.2. The van der Waals surface area contributed by atoms with Crippen LogP contribution in [-0.4, -0.2) is 17.4 Å². The van der Waals surface area contributed by atoms with Crippen LogP contribution in [0, 0.1) is 0 Å². The van der Waals surface area contributed by atoms with Gasteiger partial charge in [0, 0.05) is 18.8 Å². The summed E-state index contributed by atoms with van der Waals surface area (Å²) in [6.45, 7) is 3.03. The third-order valence-corrected chi connectivity index (χ3v) is 4.60. The second-order valence-corrected chi connectivity index (χ2v) is 6.40. The largest absolute Gasteiger partial charge is 0.451 e. The van der Waals surface area contributed by atoms with Crippen molar-refractivity contribution < 1.29 is 14.3 Å². The van der Waals surface area contributed by atoms with Crippen molar-refractivity contribution in [3.05, 3.63) is 83.9 Å². The van der Waals surface area contributed by atoms with Crippen molar-refractivity contribution in [3.63, 3.8) is 0 Å². The first-order chi connectivity index (χ1) is 11.5. The lowest BCUT2D eigenvalue weighted by Gasteiger charge is -2.42. The maximum Gasteiger partial charge on any atom is 0.303 e. The SMILES string of the molecule is CC(=O)OC1(C)CC(c2ccccc2)(c2ccccc2)C=CC1=O. The third kappa shape index (κ3) is 2.78. The van der Waals surface area contributed by atoms with Gasteiger partial charge in [-0.15, -0.1) is 0 Å². The highest BCUT2D eigenvalue weighted by molar-refractivity contribution is 5.99. The molecule has 1 atom stereocenters. The monoisotopic (exact) mass is 320 g/mol. The molecule has 0 bridgehead atoms. The van der Waals surface area contributed by atoms with Gasteiger partial charge >= 0.3 is 5.97 Å². The summed E-state index contributed by atoms with van der Waals surface area (Å²) in [4.78, 5) is 24.0. The molecule has 2 aromatic carbocycles. The number of hydrogen-bond donors (Lipinski definition) is 0. The highest BCUT2D eigenvalue weighted by Crippen LogP contribution is 2.44. The van der Waals surface area contributed by atoms with Crippen molar-refractivity contribution in [1.29, 1.82) is 0 Å². The van der Waals surface area contributed by atoms with Crippen molar-refractivity contribution >= 4 is 11.8 Å². The molecule has 1 unspecified atom stereocenters. The van der Waals surface area contributed by atoms with Crippen molar-refractivity contribution in [3.8, 4) is 0 Å².